The molecule has 0 N–H and O–H groups in total. The quantitative estimate of drug-likeness (QED) is 0.355. The molecule has 0 fully saturated rings. The van der Waals surface area contributed by atoms with Crippen LogP contribution in [0.15, 0.2) is 69.9 Å². The highest BCUT2D eigenvalue weighted by Gasteiger charge is 2.17. The lowest BCUT2D eigenvalue weighted by molar-refractivity contribution is 0.394. The van der Waals surface area contributed by atoms with E-state index in [-0.39, 0.29) is 5.43 Å². The first-order valence-electron chi connectivity index (χ1n) is 10.2. The Morgan fingerprint density at radius 3 is 2.22 bits per heavy atom. The van der Waals surface area contributed by atoms with Gasteiger partial charge in [-0.05, 0) is 53.9 Å². The summed E-state index contributed by atoms with van der Waals surface area (Å²) in [5, 5.41) is 0.544. The third-order valence-corrected chi connectivity index (χ3v) is 5.26. The number of aryl methyl sites for hydroxylation is 1. The van der Waals surface area contributed by atoms with Gasteiger partial charge in [-0.3, -0.25) is 4.79 Å². The lowest BCUT2D eigenvalue weighted by atomic mass is 10.0. The van der Waals surface area contributed by atoms with E-state index < -0.39 is 0 Å². The monoisotopic (exact) mass is 428 g/mol. The van der Waals surface area contributed by atoms with Crippen LogP contribution in [0.25, 0.3) is 34.4 Å². The van der Waals surface area contributed by atoms with Gasteiger partial charge in [0.05, 0.1) is 32.3 Å². The van der Waals surface area contributed by atoms with Crippen molar-refractivity contribution in [1.29, 1.82) is 0 Å². The predicted molar refractivity (Wildman–Crippen MR) is 128 cm³/mol. The molecule has 0 saturated heterocycles. The fourth-order valence-electron chi connectivity index (χ4n) is 3.57. The highest BCUT2D eigenvalue weighted by atomic mass is 16.5. The lowest BCUT2D eigenvalue weighted by Gasteiger charge is -2.14. The number of fused-ring (bicyclic) bond motifs is 1. The summed E-state index contributed by atoms with van der Waals surface area (Å²) in [7, 11) is 4.82. The maximum absolute atomic E-state index is 12.8. The zero-order valence-electron chi connectivity index (χ0n) is 18.5. The molecule has 3 aromatic carbocycles. The van der Waals surface area contributed by atoms with E-state index in [4.69, 9.17) is 18.6 Å². The molecule has 4 aromatic rings. The van der Waals surface area contributed by atoms with Crippen molar-refractivity contribution in [2.75, 3.05) is 21.3 Å². The van der Waals surface area contributed by atoms with Crippen molar-refractivity contribution in [3.8, 4) is 28.6 Å². The van der Waals surface area contributed by atoms with Gasteiger partial charge < -0.3 is 18.6 Å². The van der Waals surface area contributed by atoms with Crippen LogP contribution in [0.2, 0.25) is 0 Å². The molecule has 0 unspecified atom stereocenters. The minimum atomic E-state index is -0.107. The second kappa shape index (κ2) is 9.02. The van der Waals surface area contributed by atoms with E-state index in [1.807, 2.05) is 61.5 Å². The van der Waals surface area contributed by atoms with Gasteiger partial charge in [0.1, 0.15) is 28.6 Å². The summed E-state index contributed by atoms with van der Waals surface area (Å²) in [4.78, 5) is 12.8. The molecule has 5 heteroatoms. The van der Waals surface area contributed by atoms with Crippen LogP contribution in [0, 0.1) is 6.92 Å². The third kappa shape index (κ3) is 4.23. The fraction of sp³-hybridized carbons (Fsp3) is 0.148. The van der Waals surface area contributed by atoms with Gasteiger partial charge in [0.2, 0.25) is 0 Å². The lowest BCUT2D eigenvalue weighted by Crippen LogP contribution is -2.02. The van der Waals surface area contributed by atoms with Crippen LogP contribution < -0.4 is 19.6 Å². The summed E-state index contributed by atoms with van der Waals surface area (Å²) < 4.78 is 22.5. The van der Waals surface area contributed by atoms with E-state index in [1.165, 1.54) is 6.07 Å². The summed E-state index contributed by atoms with van der Waals surface area (Å²) in [6.45, 7) is 1.96. The molecule has 4 rings (SSSR count). The topological polar surface area (TPSA) is 57.9 Å². The summed E-state index contributed by atoms with van der Waals surface area (Å²) in [5.74, 6) is 2.41. The SMILES string of the molecule is COc1ccc(/C=C/c2cc(OC)cc(OC)c2-c2cc(=O)c3ccc(C)cc3o2)cc1. The molecule has 0 radical (unpaired) electrons. The largest absolute Gasteiger partial charge is 0.497 e. The minimum absolute atomic E-state index is 0.107. The smallest absolute Gasteiger partial charge is 0.193 e. The molecule has 1 aromatic heterocycles. The Morgan fingerprint density at radius 1 is 0.781 bits per heavy atom. The van der Waals surface area contributed by atoms with E-state index in [9.17, 15) is 4.79 Å². The van der Waals surface area contributed by atoms with Gasteiger partial charge in [0.15, 0.2) is 5.43 Å². The zero-order chi connectivity index (χ0) is 22.7. The molecule has 0 aliphatic heterocycles. The molecular weight excluding hydrogens is 404 g/mol. The van der Waals surface area contributed by atoms with Gasteiger partial charge >= 0.3 is 0 Å². The van der Waals surface area contributed by atoms with Gasteiger partial charge in [-0.2, -0.15) is 0 Å². The molecule has 0 spiro atoms. The molecule has 0 bridgehead atoms. The number of hydrogen-bond donors (Lipinski definition) is 0. The highest BCUT2D eigenvalue weighted by Crippen LogP contribution is 2.38. The van der Waals surface area contributed by atoms with Crippen LogP contribution in [0.5, 0.6) is 17.2 Å². The number of ether oxygens (including phenoxy) is 3. The molecule has 0 amide bonds. The summed E-state index contributed by atoms with van der Waals surface area (Å²) in [5.41, 5.74) is 3.92. The molecule has 0 aliphatic carbocycles. The Balaban J connectivity index is 1.90. The first-order valence-corrected chi connectivity index (χ1v) is 10.2. The van der Waals surface area contributed by atoms with Crippen LogP contribution in [0.3, 0.4) is 0 Å². The Bertz CT molecular complexity index is 1350. The normalized spacial score (nSPS) is 11.1. The van der Waals surface area contributed by atoms with E-state index in [2.05, 4.69) is 0 Å². The molecule has 0 atom stereocenters. The molecule has 5 nitrogen and oxygen atoms in total. The van der Waals surface area contributed by atoms with Crippen LogP contribution in [0.1, 0.15) is 16.7 Å². The van der Waals surface area contributed by atoms with Gasteiger partial charge in [0.25, 0.3) is 0 Å². The van der Waals surface area contributed by atoms with E-state index in [1.54, 1.807) is 33.5 Å². The molecular formula is C27H24O5. The summed E-state index contributed by atoms with van der Waals surface area (Å²) in [6, 6.07) is 18.5. The Kier molecular flexibility index (Phi) is 5.99. The Morgan fingerprint density at radius 2 is 1.53 bits per heavy atom. The van der Waals surface area contributed by atoms with Crippen LogP contribution >= 0.6 is 0 Å². The first-order chi connectivity index (χ1) is 15.5. The van der Waals surface area contributed by atoms with Crippen molar-refractivity contribution in [2.45, 2.75) is 6.92 Å². The number of benzene rings is 3. The predicted octanol–water partition coefficient (Wildman–Crippen LogP) is 5.96. The average molecular weight is 428 g/mol. The fourth-order valence-corrected chi connectivity index (χ4v) is 3.57. The number of hydrogen-bond acceptors (Lipinski definition) is 5. The minimum Gasteiger partial charge on any atom is -0.497 e. The van der Waals surface area contributed by atoms with Crippen molar-refractivity contribution in [3.05, 3.63) is 87.6 Å². The second-order valence-corrected chi connectivity index (χ2v) is 7.37. The number of rotatable bonds is 6. The van der Waals surface area contributed by atoms with E-state index in [0.29, 0.717) is 33.8 Å². The van der Waals surface area contributed by atoms with Crippen molar-refractivity contribution in [2.24, 2.45) is 0 Å². The van der Waals surface area contributed by atoms with Gasteiger partial charge in [-0.15, -0.1) is 0 Å². The number of methoxy groups -OCH3 is 3. The highest BCUT2D eigenvalue weighted by molar-refractivity contribution is 5.86. The average Bonchev–Trinajstić information content (AvgIpc) is 2.81. The molecule has 0 saturated carbocycles. The van der Waals surface area contributed by atoms with Gasteiger partial charge in [0, 0.05) is 12.1 Å². The Labute approximate surface area is 186 Å². The van der Waals surface area contributed by atoms with E-state index in [0.717, 1.165) is 22.4 Å². The van der Waals surface area contributed by atoms with Crippen molar-refractivity contribution in [3.63, 3.8) is 0 Å². The summed E-state index contributed by atoms with van der Waals surface area (Å²) in [6.07, 6.45) is 3.92. The Hall–Kier alpha value is -3.99. The maximum atomic E-state index is 12.8. The zero-order valence-corrected chi connectivity index (χ0v) is 18.5. The van der Waals surface area contributed by atoms with Crippen LogP contribution in [0.4, 0.5) is 0 Å². The van der Waals surface area contributed by atoms with Crippen LogP contribution in [-0.4, -0.2) is 21.3 Å². The van der Waals surface area contributed by atoms with E-state index >= 15 is 0 Å². The molecule has 162 valence electrons. The molecule has 32 heavy (non-hydrogen) atoms. The molecule has 0 aliphatic rings. The second-order valence-electron chi connectivity index (χ2n) is 7.37. The third-order valence-electron chi connectivity index (χ3n) is 5.26. The summed E-state index contributed by atoms with van der Waals surface area (Å²) >= 11 is 0. The van der Waals surface area contributed by atoms with Gasteiger partial charge in [-0.1, -0.05) is 30.4 Å². The van der Waals surface area contributed by atoms with Gasteiger partial charge in [-0.25, -0.2) is 0 Å². The van der Waals surface area contributed by atoms with Crippen LogP contribution in [-0.2, 0) is 0 Å². The van der Waals surface area contributed by atoms with Crippen molar-refractivity contribution >= 4 is 23.1 Å². The van der Waals surface area contributed by atoms with Crippen molar-refractivity contribution in [1.82, 2.24) is 0 Å². The first kappa shape index (κ1) is 21.2. The standard InChI is InChI=1S/C27H24O5/c1-17-5-12-22-23(28)16-26(32-24(22)13-17)27-19(14-21(30-3)15-25(27)31-4)9-6-18-7-10-20(29-2)11-8-18/h5-16H,1-4H3/b9-6+. The van der Waals surface area contributed by atoms with Crippen molar-refractivity contribution < 1.29 is 18.6 Å². The molecule has 1 heterocycles. The maximum Gasteiger partial charge on any atom is 0.193 e.